The number of nitrogens with zero attached hydrogens (tertiary/aromatic N) is 1. The molecular weight excluding hydrogens is 416 g/mol. The second kappa shape index (κ2) is 9.58. The molecule has 0 spiro atoms. The third-order valence-electron chi connectivity index (χ3n) is 4.51. The summed E-state index contributed by atoms with van der Waals surface area (Å²) in [4.78, 5) is 12.6. The first kappa shape index (κ1) is 21.6. The number of carbonyl (C=O) groups is 1. The molecule has 3 rings (SSSR count). The summed E-state index contributed by atoms with van der Waals surface area (Å²) in [7, 11) is -3.68. The summed E-state index contributed by atoms with van der Waals surface area (Å²) >= 11 is 5.82. The second-order valence-electron chi connectivity index (χ2n) is 6.56. The molecule has 2 aromatic rings. The van der Waals surface area contributed by atoms with E-state index in [4.69, 9.17) is 21.1 Å². The van der Waals surface area contributed by atoms with Crippen LogP contribution in [0.25, 0.3) is 0 Å². The molecule has 1 saturated heterocycles. The first-order chi connectivity index (χ1) is 13.9. The van der Waals surface area contributed by atoms with Crippen LogP contribution in [0.15, 0.2) is 47.4 Å². The Morgan fingerprint density at radius 1 is 1.17 bits per heavy atom. The highest BCUT2D eigenvalue weighted by Crippen LogP contribution is 2.22. The van der Waals surface area contributed by atoms with Crippen LogP contribution in [0.1, 0.15) is 15.9 Å². The summed E-state index contributed by atoms with van der Waals surface area (Å²) in [5.74, 6) is 0.293. The van der Waals surface area contributed by atoms with E-state index >= 15 is 0 Å². The van der Waals surface area contributed by atoms with Gasteiger partial charge in [-0.3, -0.25) is 4.79 Å². The standard InChI is InChI=1S/C20H23ClN2O5S/c1-15-2-3-16(14-19(15)29(25,26)23-9-12-27-13-10-23)20(24)22-8-11-28-18-6-4-17(21)5-7-18/h2-7,14H,8-13H2,1H3,(H,22,24). The number of aryl methyl sites for hydroxylation is 1. The van der Waals surface area contributed by atoms with Gasteiger partial charge in [0.05, 0.1) is 24.7 Å². The molecule has 1 aliphatic heterocycles. The zero-order valence-corrected chi connectivity index (χ0v) is 17.6. The van der Waals surface area contributed by atoms with Gasteiger partial charge in [-0.1, -0.05) is 17.7 Å². The molecule has 0 aliphatic carbocycles. The van der Waals surface area contributed by atoms with Gasteiger partial charge in [0.15, 0.2) is 0 Å². The van der Waals surface area contributed by atoms with Gasteiger partial charge in [0.2, 0.25) is 10.0 Å². The molecule has 0 radical (unpaired) electrons. The molecule has 1 amide bonds. The number of halogens is 1. The van der Waals surface area contributed by atoms with E-state index in [1.54, 1.807) is 43.3 Å². The van der Waals surface area contributed by atoms with Crippen LogP contribution in [0.3, 0.4) is 0 Å². The number of ether oxygens (including phenoxy) is 2. The normalized spacial score (nSPS) is 15.1. The van der Waals surface area contributed by atoms with Crippen molar-refractivity contribution in [2.75, 3.05) is 39.5 Å². The third-order valence-corrected chi connectivity index (χ3v) is 6.80. The summed E-state index contributed by atoms with van der Waals surface area (Å²) in [6.07, 6.45) is 0. The summed E-state index contributed by atoms with van der Waals surface area (Å²) < 4.78 is 38.0. The zero-order valence-electron chi connectivity index (χ0n) is 16.1. The minimum Gasteiger partial charge on any atom is -0.492 e. The van der Waals surface area contributed by atoms with Gasteiger partial charge in [0.25, 0.3) is 5.91 Å². The number of hydrogen-bond donors (Lipinski definition) is 1. The van der Waals surface area contributed by atoms with Gasteiger partial charge in [-0.05, 0) is 48.9 Å². The number of carbonyl (C=O) groups excluding carboxylic acids is 1. The van der Waals surface area contributed by atoms with Crippen LogP contribution in [0.4, 0.5) is 0 Å². The van der Waals surface area contributed by atoms with Crippen molar-refractivity contribution < 1.29 is 22.7 Å². The van der Waals surface area contributed by atoms with Crippen molar-refractivity contribution in [3.8, 4) is 5.75 Å². The van der Waals surface area contributed by atoms with Crippen molar-refractivity contribution in [1.82, 2.24) is 9.62 Å². The zero-order chi connectivity index (χ0) is 20.9. The van der Waals surface area contributed by atoms with Gasteiger partial charge in [-0.2, -0.15) is 4.31 Å². The lowest BCUT2D eigenvalue weighted by Crippen LogP contribution is -2.41. The molecule has 0 bridgehead atoms. The summed E-state index contributed by atoms with van der Waals surface area (Å²) in [6, 6.07) is 11.6. The lowest BCUT2D eigenvalue weighted by atomic mass is 10.1. The molecule has 2 aromatic carbocycles. The van der Waals surface area contributed by atoms with Gasteiger partial charge in [-0.25, -0.2) is 8.42 Å². The van der Waals surface area contributed by atoms with Gasteiger partial charge >= 0.3 is 0 Å². The van der Waals surface area contributed by atoms with Crippen molar-refractivity contribution in [2.45, 2.75) is 11.8 Å². The Bertz CT molecular complexity index is 957. The Balaban J connectivity index is 1.62. The predicted molar refractivity (Wildman–Crippen MR) is 110 cm³/mol. The first-order valence-electron chi connectivity index (χ1n) is 9.23. The Morgan fingerprint density at radius 3 is 2.55 bits per heavy atom. The maximum absolute atomic E-state index is 12.9. The summed E-state index contributed by atoms with van der Waals surface area (Å²) in [5, 5.41) is 3.36. The summed E-state index contributed by atoms with van der Waals surface area (Å²) in [5.41, 5.74) is 0.882. The molecule has 29 heavy (non-hydrogen) atoms. The fraction of sp³-hybridized carbons (Fsp3) is 0.350. The number of rotatable bonds is 7. The van der Waals surface area contributed by atoms with Gasteiger partial charge < -0.3 is 14.8 Å². The molecule has 1 N–H and O–H groups in total. The van der Waals surface area contributed by atoms with Crippen molar-refractivity contribution in [2.24, 2.45) is 0 Å². The van der Waals surface area contributed by atoms with Crippen LogP contribution in [-0.2, 0) is 14.8 Å². The minimum atomic E-state index is -3.68. The second-order valence-corrected chi connectivity index (χ2v) is 8.90. The molecule has 0 atom stereocenters. The molecule has 1 heterocycles. The van der Waals surface area contributed by atoms with E-state index in [0.717, 1.165) is 0 Å². The molecule has 7 nitrogen and oxygen atoms in total. The van der Waals surface area contributed by atoms with E-state index in [1.807, 2.05) is 0 Å². The lowest BCUT2D eigenvalue weighted by molar-refractivity contribution is 0.0730. The summed E-state index contributed by atoms with van der Waals surface area (Å²) in [6.45, 7) is 3.62. The van der Waals surface area contributed by atoms with E-state index in [-0.39, 0.29) is 29.5 Å². The maximum atomic E-state index is 12.9. The lowest BCUT2D eigenvalue weighted by Gasteiger charge is -2.26. The van der Waals surface area contributed by atoms with Crippen molar-refractivity contribution >= 4 is 27.5 Å². The van der Waals surface area contributed by atoms with Crippen LogP contribution in [-0.4, -0.2) is 58.1 Å². The molecule has 9 heteroatoms. The highest BCUT2D eigenvalue weighted by molar-refractivity contribution is 7.89. The van der Waals surface area contributed by atoms with Crippen molar-refractivity contribution in [3.05, 3.63) is 58.6 Å². The van der Waals surface area contributed by atoms with Gasteiger partial charge in [0, 0.05) is 23.7 Å². The van der Waals surface area contributed by atoms with Crippen LogP contribution >= 0.6 is 11.6 Å². The largest absolute Gasteiger partial charge is 0.492 e. The Morgan fingerprint density at radius 2 is 1.86 bits per heavy atom. The number of sulfonamides is 1. The van der Waals surface area contributed by atoms with Crippen LogP contribution < -0.4 is 10.1 Å². The fourth-order valence-electron chi connectivity index (χ4n) is 2.91. The van der Waals surface area contributed by atoms with E-state index in [9.17, 15) is 13.2 Å². The van der Waals surface area contributed by atoms with Crippen LogP contribution in [0.2, 0.25) is 5.02 Å². The highest BCUT2D eigenvalue weighted by Gasteiger charge is 2.28. The van der Waals surface area contributed by atoms with Gasteiger partial charge in [0.1, 0.15) is 12.4 Å². The van der Waals surface area contributed by atoms with Gasteiger partial charge in [-0.15, -0.1) is 0 Å². The number of amides is 1. The topological polar surface area (TPSA) is 84.9 Å². The van der Waals surface area contributed by atoms with Crippen molar-refractivity contribution in [3.63, 3.8) is 0 Å². The van der Waals surface area contributed by atoms with E-state index in [0.29, 0.717) is 42.6 Å². The fourth-order valence-corrected chi connectivity index (χ4v) is 4.70. The Labute approximate surface area is 175 Å². The Hall–Kier alpha value is -2.13. The van der Waals surface area contributed by atoms with Crippen LogP contribution in [0, 0.1) is 6.92 Å². The number of hydrogen-bond acceptors (Lipinski definition) is 5. The van der Waals surface area contributed by atoms with E-state index in [1.165, 1.54) is 10.4 Å². The average Bonchev–Trinajstić information content (AvgIpc) is 2.73. The monoisotopic (exact) mass is 438 g/mol. The highest BCUT2D eigenvalue weighted by atomic mass is 35.5. The molecule has 0 aromatic heterocycles. The number of nitrogens with one attached hydrogen (secondary N) is 1. The maximum Gasteiger partial charge on any atom is 0.251 e. The van der Waals surface area contributed by atoms with E-state index in [2.05, 4.69) is 5.32 Å². The van der Waals surface area contributed by atoms with Crippen molar-refractivity contribution in [1.29, 1.82) is 0 Å². The first-order valence-corrected chi connectivity index (χ1v) is 11.0. The third kappa shape index (κ3) is 5.48. The smallest absolute Gasteiger partial charge is 0.251 e. The van der Waals surface area contributed by atoms with Crippen LogP contribution in [0.5, 0.6) is 5.75 Å². The minimum absolute atomic E-state index is 0.143. The number of benzene rings is 2. The molecule has 0 saturated carbocycles. The molecule has 156 valence electrons. The molecular formula is C20H23ClN2O5S. The average molecular weight is 439 g/mol. The SMILES string of the molecule is Cc1ccc(C(=O)NCCOc2ccc(Cl)cc2)cc1S(=O)(=O)N1CCOCC1. The number of morpholine rings is 1. The van der Waals surface area contributed by atoms with E-state index < -0.39 is 10.0 Å². The quantitative estimate of drug-likeness (QED) is 0.671. The molecule has 1 aliphatic rings. The molecule has 0 unspecified atom stereocenters. The predicted octanol–water partition coefficient (Wildman–Crippen LogP) is 2.48. The molecule has 1 fully saturated rings. The Kier molecular flexibility index (Phi) is 7.13.